The highest BCUT2D eigenvalue weighted by atomic mass is 16.3. The van der Waals surface area contributed by atoms with Gasteiger partial charge in [-0.05, 0) is 49.1 Å². The SMILES string of the molecule is Cc1cc(C(=O)N2CCCC2)ccc1NC(=O)C(O)c1ccccc1. The summed E-state index contributed by atoms with van der Waals surface area (Å²) in [7, 11) is 0. The van der Waals surface area contributed by atoms with Crippen LogP contribution in [0.3, 0.4) is 0 Å². The molecule has 1 heterocycles. The van der Waals surface area contributed by atoms with Crippen LogP contribution < -0.4 is 5.32 Å². The van der Waals surface area contributed by atoms with E-state index in [1.54, 1.807) is 42.5 Å². The Labute approximate surface area is 147 Å². The van der Waals surface area contributed by atoms with Crippen molar-refractivity contribution in [1.82, 2.24) is 4.90 Å². The van der Waals surface area contributed by atoms with E-state index in [2.05, 4.69) is 5.32 Å². The molecular weight excluding hydrogens is 316 g/mol. The number of carbonyl (C=O) groups is 2. The summed E-state index contributed by atoms with van der Waals surface area (Å²) in [6.45, 7) is 3.45. The number of aliphatic hydroxyl groups excluding tert-OH is 1. The first-order chi connectivity index (χ1) is 12.1. The second-order valence-electron chi connectivity index (χ2n) is 6.33. The molecule has 0 spiro atoms. The number of nitrogens with zero attached hydrogens (tertiary/aromatic N) is 1. The van der Waals surface area contributed by atoms with Crippen molar-refractivity contribution in [1.29, 1.82) is 0 Å². The number of rotatable bonds is 4. The zero-order valence-corrected chi connectivity index (χ0v) is 14.2. The van der Waals surface area contributed by atoms with Gasteiger partial charge in [-0.2, -0.15) is 0 Å². The molecule has 3 rings (SSSR count). The number of nitrogens with one attached hydrogen (secondary N) is 1. The van der Waals surface area contributed by atoms with Gasteiger partial charge in [0.05, 0.1) is 0 Å². The van der Waals surface area contributed by atoms with Crippen LogP contribution in [0.5, 0.6) is 0 Å². The number of anilines is 1. The summed E-state index contributed by atoms with van der Waals surface area (Å²) in [5.74, 6) is -0.462. The van der Waals surface area contributed by atoms with Crippen molar-refractivity contribution in [3.05, 3.63) is 65.2 Å². The van der Waals surface area contributed by atoms with Gasteiger partial charge in [0.1, 0.15) is 0 Å². The van der Waals surface area contributed by atoms with Crippen LogP contribution in [0, 0.1) is 6.92 Å². The monoisotopic (exact) mass is 338 g/mol. The Hall–Kier alpha value is -2.66. The van der Waals surface area contributed by atoms with Crippen molar-refractivity contribution < 1.29 is 14.7 Å². The first kappa shape index (κ1) is 17.2. The average Bonchev–Trinajstić information content (AvgIpc) is 3.17. The minimum absolute atomic E-state index is 0.0304. The van der Waals surface area contributed by atoms with Gasteiger partial charge in [-0.1, -0.05) is 30.3 Å². The molecule has 5 heteroatoms. The van der Waals surface area contributed by atoms with E-state index in [4.69, 9.17) is 0 Å². The molecule has 0 saturated carbocycles. The summed E-state index contributed by atoms with van der Waals surface area (Å²) in [6, 6.07) is 14.0. The summed E-state index contributed by atoms with van der Waals surface area (Å²) in [5.41, 5.74) is 2.55. The summed E-state index contributed by atoms with van der Waals surface area (Å²) in [5, 5.41) is 12.9. The highest BCUT2D eigenvalue weighted by Gasteiger charge is 2.21. The maximum absolute atomic E-state index is 12.4. The van der Waals surface area contributed by atoms with Gasteiger partial charge < -0.3 is 15.3 Å². The smallest absolute Gasteiger partial charge is 0.257 e. The third-order valence-corrected chi connectivity index (χ3v) is 4.49. The molecule has 2 N–H and O–H groups in total. The molecule has 2 aromatic carbocycles. The number of amides is 2. The van der Waals surface area contributed by atoms with E-state index in [9.17, 15) is 14.7 Å². The van der Waals surface area contributed by atoms with Gasteiger partial charge in [-0.25, -0.2) is 0 Å². The van der Waals surface area contributed by atoms with Crippen molar-refractivity contribution in [2.45, 2.75) is 25.9 Å². The van der Waals surface area contributed by atoms with Gasteiger partial charge >= 0.3 is 0 Å². The van der Waals surface area contributed by atoms with Gasteiger partial charge in [-0.15, -0.1) is 0 Å². The molecular formula is C20H22N2O3. The summed E-state index contributed by atoms with van der Waals surface area (Å²) in [4.78, 5) is 26.5. The van der Waals surface area contributed by atoms with E-state index in [1.807, 2.05) is 17.9 Å². The lowest BCUT2D eigenvalue weighted by Gasteiger charge is -2.17. The standard InChI is InChI=1S/C20H22N2O3/c1-14-13-16(20(25)22-11-5-6-12-22)9-10-17(14)21-19(24)18(23)15-7-3-2-4-8-15/h2-4,7-10,13,18,23H,5-6,11-12H2,1H3,(H,21,24). The fraction of sp³-hybridized carbons (Fsp3) is 0.300. The normalized spacial score (nSPS) is 15.0. The molecule has 1 atom stereocenters. The zero-order chi connectivity index (χ0) is 17.8. The van der Waals surface area contributed by atoms with Crippen molar-refractivity contribution in [3.63, 3.8) is 0 Å². The topological polar surface area (TPSA) is 69.6 Å². The molecule has 5 nitrogen and oxygen atoms in total. The van der Waals surface area contributed by atoms with E-state index in [0.29, 0.717) is 16.8 Å². The van der Waals surface area contributed by atoms with E-state index in [-0.39, 0.29) is 5.91 Å². The quantitative estimate of drug-likeness (QED) is 0.900. The number of hydrogen-bond acceptors (Lipinski definition) is 3. The third kappa shape index (κ3) is 3.88. The van der Waals surface area contributed by atoms with Crippen molar-refractivity contribution in [2.75, 3.05) is 18.4 Å². The number of carbonyl (C=O) groups excluding carboxylic acids is 2. The highest BCUT2D eigenvalue weighted by molar-refractivity contribution is 5.98. The third-order valence-electron chi connectivity index (χ3n) is 4.49. The molecule has 2 aromatic rings. The van der Waals surface area contributed by atoms with Crippen LogP contribution in [0.4, 0.5) is 5.69 Å². The number of aliphatic hydroxyl groups is 1. The Balaban J connectivity index is 1.70. The molecule has 0 aromatic heterocycles. The van der Waals surface area contributed by atoms with E-state index < -0.39 is 12.0 Å². The Morgan fingerprint density at radius 3 is 2.40 bits per heavy atom. The van der Waals surface area contributed by atoms with Crippen molar-refractivity contribution in [3.8, 4) is 0 Å². The first-order valence-corrected chi connectivity index (χ1v) is 8.50. The fourth-order valence-corrected chi connectivity index (χ4v) is 3.03. The highest BCUT2D eigenvalue weighted by Crippen LogP contribution is 2.21. The molecule has 2 amide bonds. The molecule has 1 fully saturated rings. The zero-order valence-electron chi connectivity index (χ0n) is 14.2. The van der Waals surface area contributed by atoms with Crippen LogP contribution in [0.2, 0.25) is 0 Å². The molecule has 0 aliphatic carbocycles. The van der Waals surface area contributed by atoms with Crippen LogP contribution >= 0.6 is 0 Å². The predicted octanol–water partition coefficient (Wildman–Crippen LogP) is 2.90. The minimum Gasteiger partial charge on any atom is -0.378 e. The second-order valence-corrected chi connectivity index (χ2v) is 6.33. The predicted molar refractivity (Wildman–Crippen MR) is 96.3 cm³/mol. The summed E-state index contributed by atoms with van der Waals surface area (Å²) >= 11 is 0. The van der Waals surface area contributed by atoms with Gasteiger partial charge in [0.15, 0.2) is 6.10 Å². The molecule has 1 aliphatic rings. The molecule has 25 heavy (non-hydrogen) atoms. The number of benzene rings is 2. The van der Waals surface area contributed by atoms with E-state index in [1.165, 1.54) is 0 Å². The lowest BCUT2D eigenvalue weighted by molar-refractivity contribution is -0.124. The molecule has 1 saturated heterocycles. The van der Waals surface area contributed by atoms with Crippen LogP contribution in [0.15, 0.2) is 48.5 Å². The van der Waals surface area contributed by atoms with Gasteiger partial charge in [0.25, 0.3) is 11.8 Å². The van der Waals surface area contributed by atoms with Crippen LogP contribution in [-0.4, -0.2) is 34.9 Å². The fourth-order valence-electron chi connectivity index (χ4n) is 3.03. The lowest BCUT2D eigenvalue weighted by atomic mass is 10.1. The average molecular weight is 338 g/mol. The van der Waals surface area contributed by atoms with Gasteiger partial charge in [0, 0.05) is 24.3 Å². The molecule has 130 valence electrons. The number of likely N-dealkylation sites (tertiary alicyclic amines) is 1. The van der Waals surface area contributed by atoms with Crippen LogP contribution in [0.1, 0.15) is 40.4 Å². The summed E-state index contributed by atoms with van der Waals surface area (Å²) < 4.78 is 0. The van der Waals surface area contributed by atoms with E-state index >= 15 is 0 Å². The Morgan fingerprint density at radius 2 is 1.76 bits per heavy atom. The second kappa shape index (κ2) is 7.49. The Morgan fingerprint density at radius 1 is 1.08 bits per heavy atom. The Bertz CT molecular complexity index is 768. The molecule has 1 unspecified atom stereocenters. The molecule has 0 radical (unpaired) electrons. The largest absolute Gasteiger partial charge is 0.378 e. The first-order valence-electron chi connectivity index (χ1n) is 8.50. The Kier molecular flexibility index (Phi) is 5.14. The van der Waals surface area contributed by atoms with Crippen LogP contribution in [-0.2, 0) is 4.79 Å². The van der Waals surface area contributed by atoms with Gasteiger partial charge in [-0.3, -0.25) is 9.59 Å². The maximum atomic E-state index is 12.4. The number of hydrogen-bond donors (Lipinski definition) is 2. The minimum atomic E-state index is -1.23. The summed E-state index contributed by atoms with van der Waals surface area (Å²) in [6.07, 6.45) is 0.874. The van der Waals surface area contributed by atoms with Crippen molar-refractivity contribution in [2.24, 2.45) is 0 Å². The molecule has 0 bridgehead atoms. The van der Waals surface area contributed by atoms with Crippen molar-refractivity contribution >= 4 is 17.5 Å². The maximum Gasteiger partial charge on any atom is 0.257 e. The van der Waals surface area contributed by atoms with Crippen LogP contribution in [0.25, 0.3) is 0 Å². The van der Waals surface area contributed by atoms with Gasteiger partial charge in [0.2, 0.25) is 0 Å². The molecule has 1 aliphatic heterocycles. The number of aryl methyl sites for hydroxylation is 1. The lowest BCUT2D eigenvalue weighted by Crippen LogP contribution is -2.27. The van der Waals surface area contributed by atoms with E-state index in [0.717, 1.165) is 31.5 Å².